The van der Waals surface area contributed by atoms with E-state index in [0.29, 0.717) is 19.1 Å². The van der Waals surface area contributed by atoms with Crippen LogP contribution in [0.3, 0.4) is 0 Å². The molecule has 0 spiro atoms. The van der Waals surface area contributed by atoms with E-state index in [1.54, 1.807) is 0 Å². The van der Waals surface area contributed by atoms with Gasteiger partial charge in [0.05, 0.1) is 6.54 Å². The van der Waals surface area contributed by atoms with Crippen molar-refractivity contribution in [1.29, 1.82) is 0 Å². The second-order valence-electron chi connectivity index (χ2n) is 6.15. The van der Waals surface area contributed by atoms with Gasteiger partial charge in [-0.05, 0) is 23.9 Å². The lowest BCUT2D eigenvalue weighted by atomic mass is 9.80. The Hall–Kier alpha value is -1.39. The predicted molar refractivity (Wildman–Crippen MR) is 81.3 cm³/mol. The van der Waals surface area contributed by atoms with Gasteiger partial charge in [0.2, 0.25) is 5.91 Å². The van der Waals surface area contributed by atoms with Gasteiger partial charge >= 0.3 is 0 Å². The van der Waals surface area contributed by atoms with E-state index in [0.717, 1.165) is 25.1 Å². The summed E-state index contributed by atoms with van der Waals surface area (Å²) in [4.78, 5) is 11.9. The highest BCUT2D eigenvalue weighted by atomic mass is 16.1. The van der Waals surface area contributed by atoms with E-state index in [1.807, 2.05) is 30.3 Å². The molecule has 0 radical (unpaired) electrons. The highest BCUT2D eigenvalue weighted by molar-refractivity contribution is 5.78. The van der Waals surface area contributed by atoms with E-state index in [2.05, 4.69) is 29.8 Å². The monoisotopic (exact) mass is 275 g/mol. The van der Waals surface area contributed by atoms with E-state index >= 15 is 0 Å². The van der Waals surface area contributed by atoms with E-state index in [4.69, 9.17) is 0 Å². The third-order valence-electron chi connectivity index (χ3n) is 3.98. The molecule has 1 aliphatic heterocycles. The number of nitrogens with one attached hydrogen (secondary N) is 3. The fraction of sp³-hybridized carbons (Fsp3) is 0.562. The van der Waals surface area contributed by atoms with Gasteiger partial charge in [-0.3, -0.25) is 4.79 Å². The summed E-state index contributed by atoms with van der Waals surface area (Å²) in [5.41, 5.74) is 1.32. The highest BCUT2D eigenvalue weighted by Crippen LogP contribution is 2.24. The van der Waals surface area contributed by atoms with Crippen LogP contribution in [0.15, 0.2) is 30.3 Å². The van der Waals surface area contributed by atoms with E-state index in [9.17, 15) is 4.79 Å². The first kappa shape index (κ1) is 15.0. The first-order valence-electron chi connectivity index (χ1n) is 7.33. The van der Waals surface area contributed by atoms with Gasteiger partial charge in [-0.2, -0.15) is 0 Å². The molecule has 1 unspecified atom stereocenters. The number of amides is 1. The summed E-state index contributed by atoms with van der Waals surface area (Å²) in [5, 5.41) is 9.74. The van der Waals surface area contributed by atoms with E-state index in [1.165, 1.54) is 0 Å². The van der Waals surface area contributed by atoms with Crippen molar-refractivity contribution in [3.63, 3.8) is 0 Å². The summed E-state index contributed by atoms with van der Waals surface area (Å²) < 4.78 is 0. The number of benzene rings is 1. The summed E-state index contributed by atoms with van der Waals surface area (Å²) >= 11 is 0. The molecule has 4 heteroatoms. The fourth-order valence-corrected chi connectivity index (χ4v) is 2.62. The molecule has 1 fully saturated rings. The number of piperidine rings is 1. The lowest BCUT2D eigenvalue weighted by Crippen LogP contribution is -2.54. The van der Waals surface area contributed by atoms with Crippen molar-refractivity contribution in [2.75, 3.05) is 19.6 Å². The molecule has 4 nitrogen and oxygen atoms in total. The number of hydrogen-bond acceptors (Lipinski definition) is 3. The number of hydrogen-bond donors (Lipinski definition) is 3. The SMILES string of the molecule is CC1(C)CNCCC1NCC(=O)NCc1ccccc1. The van der Waals surface area contributed by atoms with Crippen molar-refractivity contribution < 1.29 is 4.79 Å². The molecule has 0 aliphatic carbocycles. The van der Waals surface area contributed by atoms with E-state index in [-0.39, 0.29) is 11.3 Å². The Morgan fingerprint density at radius 2 is 2.10 bits per heavy atom. The van der Waals surface area contributed by atoms with Crippen molar-refractivity contribution in [3.05, 3.63) is 35.9 Å². The molecule has 1 amide bonds. The Labute approximate surface area is 121 Å². The molecule has 1 aliphatic rings. The maximum atomic E-state index is 11.9. The zero-order chi connectivity index (χ0) is 14.4. The Morgan fingerprint density at radius 1 is 1.35 bits per heavy atom. The standard InChI is InChI=1S/C16H25N3O/c1-16(2)12-17-9-8-14(16)18-11-15(20)19-10-13-6-4-3-5-7-13/h3-7,14,17-18H,8-12H2,1-2H3,(H,19,20). The van der Waals surface area contributed by atoms with Crippen molar-refractivity contribution in [2.24, 2.45) is 5.41 Å². The van der Waals surface area contributed by atoms with Crippen LogP contribution in [0.1, 0.15) is 25.8 Å². The first-order valence-corrected chi connectivity index (χ1v) is 7.33. The van der Waals surface area contributed by atoms with Crippen LogP contribution in [-0.4, -0.2) is 31.6 Å². The van der Waals surface area contributed by atoms with Crippen LogP contribution >= 0.6 is 0 Å². The second kappa shape index (κ2) is 6.86. The molecule has 0 aromatic heterocycles. The molecule has 20 heavy (non-hydrogen) atoms. The summed E-state index contributed by atoms with van der Waals surface area (Å²) in [6.45, 7) is 7.47. The van der Waals surface area contributed by atoms with Crippen LogP contribution in [-0.2, 0) is 11.3 Å². The maximum absolute atomic E-state index is 11.9. The zero-order valence-corrected chi connectivity index (χ0v) is 12.4. The van der Waals surface area contributed by atoms with Crippen molar-refractivity contribution >= 4 is 5.91 Å². The van der Waals surface area contributed by atoms with Gasteiger partial charge in [-0.15, -0.1) is 0 Å². The smallest absolute Gasteiger partial charge is 0.234 e. The quantitative estimate of drug-likeness (QED) is 0.759. The van der Waals surface area contributed by atoms with Crippen LogP contribution in [0.5, 0.6) is 0 Å². The van der Waals surface area contributed by atoms with Crippen molar-refractivity contribution in [1.82, 2.24) is 16.0 Å². The molecule has 1 aromatic carbocycles. The van der Waals surface area contributed by atoms with Gasteiger partial charge in [-0.1, -0.05) is 44.2 Å². The molecular formula is C16H25N3O. The topological polar surface area (TPSA) is 53.2 Å². The minimum absolute atomic E-state index is 0.0585. The zero-order valence-electron chi connectivity index (χ0n) is 12.4. The third-order valence-corrected chi connectivity index (χ3v) is 3.98. The Morgan fingerprint density at radius 3 is 2.80 bits per heavy atom. The van der Waals surface area contributed by atoms with E-state index < -0.39 is 0 Å². The highest BCUT2D eigenvalue weighted by Gasteiger charge is 2.31. The maximum Gasteiger partial charge on any atom is 0.234 e. The predicted octanol–water partition coefficient (Wildman–Crippen LogP) is 1.28. The van der Waals surface area contributed by atoms with Crippen LogP contribution in [0.4, 0.5) is 0 Å². The molecule has 0 bridgehead atoms. The summed E-state index contributed by atoms with van der Waals surface area (Å²) in [7, 11) is 0. The molecule has 3 N–H and O–H groups in total. The minimum atomic E-state index is 0.0585. The Kier molecular flexibility index (Phi) is 5.15. The van der Waals surface area contributed by atoms with Crippen molar-refractivity contribution in [3.8, 4) is 0 Å². The van der Waals surface area contributed by atoms with Gasteiger partial charge in [0, 0.05) is 19.1 Å². The van der Waals surface area contributed by atoms with Gasteiger partial charge in [-0.25, -0.2) is 0 Å². The summed E-state index contributed by atoms with van der Waals surface area (Å²) in [6.07, 6.45) is 1.07. The summed E-state index contributed by atoms with van der Waals surface area (Å²) in [6, 6.07) is 10.4. The third kappa shape index (κ3) is 4.32. The molecule has 1 saturated heterocycles. The number of carbonyl (C=O) groups excluding carboxylic acids is 1. The van der Waals surface area contributed by atoms with Gasteiger partial charge < -0.3 is 16.0 Å². The molecule has 1 atom stereocenters. The van der Waals surface area contributed by atoms with Crippen LogP contribution in [0.2, 0.25) is 0 Å². The normalized spacial score (nSPS) is 21.4. The molecule has 1 heterocycles. The summed E-state index contributed by atoms with van der Waals surface area (Å²) in [5.74, 6) is 0.0585. The Bertz CT molecular complexity index is 431. The fourth-order valence-electron chi connectivity index (χ4n) is 2.62. The lowest BCUT2D eigenvalue weighted by Gasteiger charge is -2.39. The van der Waals surface area contributed by atoms with Gasteiger partial charge in [0.15, 0.2) is 0 Å². The average molecular weight is 275 g/mol. The number of carbonyl (C=O) groups is 1. The van der Waals surface area contributed by atoms with Crippen LogP contribution in [0, 0.1) is 5.41 Å². The van der Waals surface area contributed by atoms with Crippen LogP contribution in [0.25, 0.3) is 0 Å². The molecule has 0 saturated carbocycles. The Balaban J connectivity index is 1.72. The molecule has 2 rings (SSSR count). The van der Waals surface area contributed by atoms with Gasteiger partial charge in [0.25, 0.3) is 0 Å². The molecule has 1 aromatic rings. The average Bonchev–Trinajstić information content (AvgIpc) is 2.44. The molecular weight excluding hydrogens is 250 g/mol. The largest absolute Gasteiger partial charge is 0.351 e. The van der Waals surface area contributed by atoms with Gasteiger partial charge in [0.1, 0.15) is 0 Å². The van der Waals surface area contributed by atoms with Crippen LogP contribution < -0.4 is 16.0 Å². The first-order chi connectivity index (χ1) is 9.58. The minimum Gasteiger partial charge on any atom is -0.351 e. The van der Waals surface area contributed by atoms with Crippen molar-refractivity contribution in [2.45, 2.75) is 32.9 Å². The second-order valence-corrected chi connectivity index (χ2v) is 6.15. The molecule has 110 valence electrons. The lowest BCUT2D eigenvalue weighted by molar-refractivity contribution is -0.120. The number of rotatable bonds is 5.